The topological polar surface area (TPSA) is 44.8 Å². The molecule has 4 nitrogen and oxygen atoms in total. The van der Waals surface area contributed by atoms with Crippen LogP contribution < -0.4 is 4.74 Å². The fourth-order valence-electron chi connectivity index (χ4n) is 2.43. The molecule has 0 amide bonds. The molecule has 0 N–H and O–H groups in total. The lowest BCUT2D eigenvalue weighted by Gasteiger charge is -2.16. The van der Waals surface area contributed by atoms with Crippen molar-refractivity contribution in [2.45, 2.75) is 51.4 Å². The van der Waals surface area contributed by atoms with Crippen LogP contribution in [-0.2, 0) is 20.7 Å². The molecule has 0 saturated carbocycles. The molecule has 0 radical (unpaired) electrons. The first kappa shape index (κ1) is 16.0. The number of carbonyl (C=O) groups is 1. The van der Waals surface area contributed by atoms with E-state index < -0.39 is 5.79 Å². The third kappa shape index (κ3) is 5.14. The lowest BCUT2D eigenvalue weighted by atomic mass is 10.0. The number of ketones is 1. The summed E-state index contributed by atoms with van der Waals surface area (Å²) in [4.78, 5) is 11.9. The molecule has 4 heteroatoms. The zero-order valence-electron chi connectivity index (χ0n) is 13.1. The van der Waals surface area contributed by atoms with E-state index in [1.54, 1.807) is 7.11 Å². The van der Waals surface area contributed by atoms with Gasteiger partial charge in [-0.15, -0.1) is 0 Å². The normalized spacial score (nSPS) is 20.4. The summed E-state index contributed by atoms with van der Waals surface area (Å²) < 4.78 is 16.3. The summed E-state index contributed by atoms with van der Waals surface area (Å²) in [5, 5.41) is 0. The monoisotopic (exact) mass is 292 g/mol. The Hall–Kier alpha value is -1.39. The standard InChI is InChI=1S/C17H24O4/c1-17(2)20-12-16(21-17)11-8-14(18)7-4-13-5-9-15(19-3)10-6-13/h5-6,9-10,16H,4,7-8,11-12H2,1-3H3. The van der Waals surface area contributed by atoms with Crippen LogP contribution in [0.25, 0.3) is 0 Å². The van der Waals surface area contributed by atoms with Crippen molar-refractivity contribution >= 4 is 5.78 Å². The van der Waals surface area contributed by atoms with Gasteiger partial charge in [0.05, 0.1) is 19.8 Å². The highest BCUT2D eigenvalue weighted by atomic mass is 16.7. The van der Waals surface area contributed by atoms with Crippen molar-refractivity contribution in [1.29, 1.82) is 0 Å². The predicted molar refractivity (Wildman–Crippen MR) is 80.5 cm³/mol. The van der Waals surface area contributed by atoms with Gasteiger partial charge in [-0.2, -0.15) is 0 Å². The molecule has 1 aromatic rings. The largest absolute Gasteiger partial charge is 0.497 e. The van der Waals surface area contributed by atoms with Crippen molar-refractivity contribution in [2.75, 3.05) is 13.7 Å². The van der Waals surface area contributed by atoms with Gasteiger partial charge >= 0.3 is 0 Å². The molecule has 1 fully saturated rings. The van der Waals surface area contributed by atoms with Crippen molar-refractivity contribution in [1.82, 2.24) is 0 Å². The lowest BCUT2D eigenvalue weighted by molar-refractivity contribution is -0.140. The molecule has 21 heavy (non-hydrogen) atoms. The van der Waals surface area contributed by atoms with Crippen LogP contribution in [0.3, 0.4) is 0 Å². The van der Waals surface area contributed by atoms with Crippen molar-refractivity contribution in [2.24, 2.45) is 0 Å². The number of ether oxygens (including phenoxy) is 3. The predicted octanol–water partition coefficient (Wildman–Crippen LogP) is 3.13. The summed E-state index contributed by atoms with van der Waals surface area (Å²) >= 11 is 0. The first-order chi connectivity index (χ1) is 9.98. The first-order valence-corrected chi connectivity index (χ1v) is 7.45. The van der Waals surface area contributed by atoms with Gasteiger partial charge in [-0.3, -0.25) is 4.79 Å². The molecule has 116 valence electrons. The Bertz CT molecular complexity index is 464. The van der Waals surface area contributed by atoms with E-state index in [1.807, 2.05) is 38.1 Å². The average Bonchev–Trinajstić information content (AvgIpc) is 2.83. The molecule has 0 aliphatic carbocycles. The van der Waals surface area contributed by atoms with E-state index in [4.69, 9.17) is 14.2 Å². The zero-order valence-corrected chi connectivity index (χ0v) is 13.1. The Morgan fingerprint density at radius 1 is 1.29 bits per heavy atom. The minimum Gasteiger partial charge on any atom is -0.497 e. The number of carbonyl (C=O) groups excluding carboxylic acids is 1. The van der Waals surface area contributed by atoms with Crippen LogP contribution in [0.2, 0.25) is 0 Å². The van der Waals surface area contributed by atoms with E-state index in [9.17, 15) is 4.79 Å². The molecule has 1 aliphatic rings. The summed E-state index contributed by atoms with van der Waals surface area (Å²) in [6.07, 6.45) is 2.69. The Kier molecular flexibility index (Phi) is 5.37. The van der Waals surface area contributed by atoms with E-state index >= 15 is 0 Å². The molecule has 0 bridgehead atoms. The van der Waals surface area contributed by atoms with Crippen molar-refractivity contribution in [3.8, 4) is 5.75 Å². The van der Waals surface area contributed by atoms with E-state index in [0.29, 0.717) is 19.4 Å². The Balaban J connectivity index is 1.67. The van der Waals surface area contributed by atoms with Crippen LogP contribution >= 0.6 is 0 Å². The Morgan fingerprint density at radius 3 is 2.57 bits per heavy atom. The quantitative estimate of drug-likeness (QED) is 0.774. The molecule has 1 saturated heterocycles. The summed E-state index contributed by atoms with van der Waals surface area (Å²) in [7, 11) is 1.65. The van der Waals surface area contributed by atoms with Crippen LogP contribution in [0.4, 0.5) is 0 Å². The van der Waals surface area contributed by atoms with E-state index in [2.05, 4.69) is 0 Å². The van der Waals surface area contributed by atoms with Crippen molar-refractivity contribution < 1.29 is 19.0 Å². The van der Waals surface area contributed by atoms with Gasteiger partial charge in [-0.05, 0) is 44.4 Å². The van der Waals surface area contributed by atoms with Gasteiger partial charge in [0.25, 0.3) is 0 Å². The number of benzene rings is 1. The third-order valence-corrected chi connectivity index (χ3v) is 3.66. The molecular weight excluding hydrogens is 268 g/mol. The van der Waals surface area contributed by atoms with Gasteiger partial charge in [0.15, 0.2) is 5.79 Å². The van der Waals surface area contributed by atoms with Gasteiger partial charge in [0, 0.05) is 12.8 Å². The minimum absolute atomic E-state index is 0.0462. The number of methoxy groups -OCH3 is 1. The number of aryl methyl sites for hydroxylation is 1. The molecule has 2 rings (SSSR count). The second-order valence-electron chi connectivity index (χ2n) is 5.88. The third-order valence-electron chi connectivity index (χ3n) is 3.66. The van der Waals surface area contributed by atoms with Gasteiger partial charge < -0.3 is 14.2 Å². The van der Waals surface area contributed by atoms with Crippen LogP contribution in [0.15, 0.2) is 24.3 Å². The van der Waals surface area contributed by atoms with E-state index in [-0.39, 0.29) is 11.9 Å². The second kappa shape index (κ2) is 7.05. The molecule has 0 aromatic heterocycles. The summed E-state index contributed by atoms with van der Waals surface area (Å²) in [6, 6.07) is 7.85. The van der Waals surface area contributed by atoms with Crippen LogP contribution in [-0.4, -0.2) is 31.4 Å². The summed E-state index contributed by atoms with van der Waals surface area (Å²) in [5.74, 6) is 0.613. The maximum absolute atomic E-state index is 11.9. The Labute approximate surface area is 126 Å². The highest BCUT2D eigenvalue weighted by Crippen LogP contribution is 2.25. The molecule has 1 aliphatic heterocycles. The van der Waals surface area contributed by atoms with Gasteiger partial charge in [-0.1, -0.05) is 12.1 Å². The van der Waals surface area contributed by atoms with Gasteiger partial charge in [-0.25, -0.2) is 0 Å². The average molecular weight is 292 g/mol. The summed E-state index contributed by atoms with van der Waals surface area (Å²) in [6.45, 7) is 4.38. The van der Waals surface area contributed by atoms with Crippen LogP contribution in [0.5, 0.6) is 5.75 Å². The number of Topliss-reactive ketones (excluding diaryl/α,β-unsaturated/α-hetero) is 1. The molecule has 1 heterocycles. The number of hydrogen-bond acceptors (Lipinski definition) is 4. The first-order valence-electron chi connectivity index (χ1n) is 7.45. The van der Waals surface area contributed by atoms with Crippen molar-refractivity contribution in [3.63, 3.8) is 0 Å². The van der Waals surface area contributed by atoms with Crippen molar-refractivity contribution in [3.05, 3.63) is 29.8 Å². The number of hydrogen-bond donors (Lipinski definition) is 0. The molecule has 1 unspecified atom stereocenters. The van der Waals surface area contributed by atoms with Crippen LogP contribution in [0, 0.1) is 0 Å². The fraction of sp³-hybridized carbons (Fsp3) is 0.588. The van der Waals surface area contributed by atoms with E-state index in [1.165, 1.54) is 0 Å². The molecule has 1 aromatic carbocycles. The second-order valence-corrected chi connectivity index (χ2v) is 5.88. The SMILES string of the molecule is COc1ccc(CCC(=O)CCC2COC(C)(C)O2)cc1. The number of rotatable bonds is 7. The van der Waals surface area contributed by atoms with Gasteiger partial charge in [0.2, 0.25) is 0 Å². The van der Waals surface area contributed by atoms with Crippen LogP contribution in [0.1, 0.15) is 38.7 Å². The highest BCUT2D eigenvalue weighted by Gasteiger charge is 2.32. The maximum atomic E-state index is 11.9. The fourth-order valence-corrected chi connectivity index (χ4v) is 2.43. The lowest BCUT2D eigenvalue weighted by Crippen LogP contribution is -2.21. The molecule has 1 atom stereocenters. The Morgan fingerprint density at radius 2 is 2.00 bits per heavy atom. The smallest absolute Gasteiger partial charge is 0.163 e. The van der Waals surface area contributed by atoms with E-state index in [0.717, 1.165) is 24.2 Å². The zero-order chi connectivity index (χ0) is 15.3. The highest BCUT2D eigenvalue weighted by molar-refractivity contribution is 5.78. The molecular formula is C17H24O4. The minimum atomic E-state index is -0.503. The molecule has 0 spiro atoms. The summed E-state index contributed by atoms with van der Waals surface area (Å²) in [5.41, 5.74) is 1.16. The maximum Gasteiger partial charge on any atom is 0.163 e. The van der Waals surface area contributed by atoms with Gasteiger partial charge in [0.1, 0.15) is 11.5 Å².